The van der Waals surface area contributed by atoms with E-state index in [1.165, 1.54) is 6.42 Å². The van der Waals surface area contributed by atoms with Crippen molar-refractivity contribution in [2.75, 3.05) is 32.7 Å². The van der Waals surface area contributed by atoms with E-state index in [9.17, 15) is 9.59 Å². The van der Waals surface area contributed by atoms with E-state index in [0.29, 0.717) is 25.7 Å². The quantitative estimate of drug-likeness (QED) is 0.789. The number of likely N-dealkylation sites (N-methyl/N-ethyl adjacent to an activating group) is 1. The summed E-state index contributed by atoms with van der Waals surface area (Å²) in [5, 5.41) is 11.8. The largest absolute Gasteiger partial charge is 0.481 e. The van der Waals surface area contributed by atoms with Crippen molar-refractivity contribution in [1.82, 2.24) is 15.1 Å². The van der Waals surface area contributed by atoms with Crippen molar-refractivity contribution in [3.8, 4) is 0 Å². The summed E-state index contributed by atoms with van der Waals surface area (Å²) in [5.41, 5.74) is 0. The highest BCUT2D eigenvalue weighted by atomic mass is 16.4. The first kappa shape index (κ1) is 15.1. The fourth-order valence-electron chi connectivity index (χ4n) is 3.29. The fourth-order valence-corrected chi connectivity index (χ4v) is 3.29. The zero-order chi connectivity index (χ0) is 14.5. The van der Waals surface area contributed by atoms with Crippen LogP contribution >= 0.6 is 0 Å². The summed E-state index contributed by atoms with van der Waals surface area (Å²) in [7, 11) is 0. The molecule has 0 bridgehead atoms. The summed E-state index contributed by atoms with van der Waals surface area (Å²) in [6.07, 6.45) is 3.31. The van der Waals surface area contributed by atoms with Crippen molar-refractivity contribution < 1.29 is 14.7 Å². The number of hydrogen-bond acceptors (Lipinski definition) is 3. The van der Waals surface area contributed by atoms with E-state index >= 15 is 0 Å². The van der Waals surface area contributed by atoms with Gasteiger partial charge >= 0.3 is 12.0 Å². The van der Waals surface area contributed by atoms with Crippen LogP contribution in [0.2, 0.25) is 0 Å². The first-order valence-electron chi connectivity index (χ1n) is 7.58. The number of amides is 2. The molecule has 2 aliphatic rings. The van der Waals surface area contributed by atoms with E-state index in [1.54, 1.807) is 4.90 Å². The molecule has 2 unspecified atom stereocenters. The summed E-state index contributed by atoms with van der Waals surface area (Å²) in [4.78, 5) is 26.9. The van der Waals surface area contributed by atoms with Crippen LogP contribution < -0.4 is 5.32 Å². The third-order valence-corrected chi connectivity index (χ3v) is 4.43. The molecular weight excluding hydrogens is 258 g/mol. The molecule has 2 amide bonds. The van der Waals surface area contributed by atoms with E-state index in [4.69, 9.17) is 5.11 Å². The third kappa shape index (κ3) is 3.85. The van der Waals surface area contributed by atoms with Crippen molar-refractivity contribution >= 4 is 12.0 Å². The Labute approximate surface area is 120 Å². The molecule has 2 N–H and O–H groups in total. The van der Waals surface area contributed by atoms with Gasteiger partial charge in [-0.25, -0.2) is 4.79 Å². The number of carbonyl (C=O) groups excluding carboxylic acids is 1. The molecule has 2 rings (SSSR count). The summed E-state index contributed by atoms with van der Waals surface area (Å²) in [5.74, 6) is -0.668. The van der Waals surface area contributed by atoms with Crippen LogP contribution in [0.5, 0.6) is 0 Å². The molecule has 2 aliphatic heterocycles. The minimum absolute atomic E-state index is 0.0409. The number of urea groups is 1. The molecule has 20 heavy (non-hydrogen) atoms. The van der Waals surface area contributed by atoms with E-state index in [-0.39, 0.29) is 18.4 Å². The zero-order valence-electron chi connectivity index (χ0n) is 12.2. The van der Waals surface area contributed by atoms with Gasteiger partial charge in [0.1, 0.15) is 0 Å². The van der Waals surface area contributed by atoms with Gasteiger partial charge in [0, 0.05) is 32.1 Å². The maximum atomic E-state index is 12.1. The smallest absolute Gasteiger partial charge is 0.317 e. The zero-order valence-corrected chi connectivity index (χ0v) is 12.2. The first-order chi connectivity index (χ1) is 9.60. The maximum absolute atomic E-state index is 12.1. The Morgan fingerprint density at radius 3 is 2.80 bits per heavy atom. The molecular formula is C14H25N3O3. The van der Waals surface area contributed by atoms with Gasteiger partial charge in [-0.15, -0.1) is 0 Å². The highest BCUT2D eigenvalue weighted by Crippen LogP contribution is 2.20. The summed E-state index contributed by atoms with van der Waals surface area (Å²) in [6.45, 7) is 6.25. The average Bonchev–Trinajstić information content (AvgIpc) is 3.03. The molecule has 2 atom stereocenters. The summed E-state index contributed by atoms with van der Waals surface area (Å²) < 4.78 is 0. The maximum Gasteiger partial charge on any atom is 0.317 e. The predicted octanol–water partition coefficient (Wildman–Crippen LogP) is 0.977. The monoisotopic (exact) mass is 283 g/mol. The van der Waals surface area contributed by atoms with Crippen LogP contribution in [0.1, 0.15) is 32.6 Å². The molecule has 0 aromatic heterocycles. The molecule has 0 saturated carbocycles. The normalized spacial score (nSPS) is 26.9. The number of aliphatic carboxylic acids is 1. The minimum Gasteiger partial charge on any atom is -0.481 e. The second kappa shape index (κ2) is 6.92. The van der Waals surface area contributed by atoms with Gasteiger partial charge in [0.25, 0.3) is 0 Å². The third-order valence-electron chi connectivity index (χ3n) is 4.43. The molecule has 2 heterocycles. The second-order valence-electron chi connectivity index (χ2n) is 5.81. The lowest BCUT2D eigenvalue weighted by Crippen LogP contribution is -2.45. The van der Waals surface area contributed by atoms with Crippen LogP contribution in [0, 0.1) is 5.92 Å². The van der Waals surface area contributed by atoms with Gasteiger partial charge in [-0.1, -0.05) is 6.92 Å². The lowest BCUT2D eigenvalue weighted by molar-refractivity contribution is -0.138. The summed E-state index contributed by atoms with van der Waals surface area (Å²) in [6, 6.07) is 0.419. The fraction of sp³-hybridized carbons (Fsp3) is 0.857. The predicted molar refractivity (Wildman–Crippen MR) is 75.6 cm³/mol. The van der Waals surface area contributed by atoms with Crippen LogP contribution in [-0.4, -0.2) is 65.7 Å². The number of carboxylic acids is 1. The molecule has 114 valence electrons. The number of hydrogen-bond donors (Lipinski definition) is 2. The standard InChI is InChI=1S/C14H25N3O3/c1-2-16-6-3-4-12(16)9-15-14(20)17-7-5-11(10-17)8-13(18)19/h11-12H,2-10H2,1H3,(H,15,20)(H,18,19). The molecule has 2 saturated heterocycles. The Morgan fingerprint density at radius 1 is 1.30 bits per heavy atom. The molecule has 0 aromatic carbocycles. The van der Waals surface area contributed by atoms with Crippen LogP contribution in [0.25, 0.3) is 0 Å². The Hall–Kier alpha value is -1.30. The molecule has 2 fully saturated rings. The van der Waals surface area contributed by atoms with Crippen LogP contribution in [0.15, 0.2) is 0 Å². The summed E-state index contributed by atoms with van der Waals surface area (Å²) >= 11 is 0. The minimum atomic E-state index is -0.776. The highest BCUT2D eigenvalue weighted by molar-refractivity contribution is 5.74. The number of nitrogens with one attached hydrogen (secondary N) is 1. The van der Waals surface area contributed by atoms with Gasteiger partial charge in [-0.05, 0) is 38.3 Å². The van der Waals surface area contributed by atoms with Gasteiger partial charge in [0.15, 0.2) is 0 Å². The van der Waals surface area contributed by atoms with Crippen LogP contribution in [-0.2, 0) is 4.79 Å². The molecule has 0 spiro atoms. The van der Waals surface area contributed by atoms with Crippen molar-refractivity contribution in [2.45, 2.75) is 38.6 Å². The molecule has 6 nitrogen and oxygen atoms in total. The van der Waals surface area contributed by atoms with Gasteiger partial charge in [0.2, 0.25) is 0 Å². The Kier molecular flexibility index (Phi) is 5.23. The first-order valence-corrected chi connectivity index (χ1v) is 7.58. The Bertz CT molecular complexity index is 362. The van der Waals surface area contributed by atoms with Gasteiger partial charge < -0.3 is 15.3 Å². The molecule has 0 radical (unpaired) electrons. The highest BCUT2D eigenvalue weighted by Gasteiger charge is 2.29. The topological polar surface area (TPSA) is 72.9 Å². The van der Waals surface area contributed by atoms with Crippen LogP contribution in [0.4, 0.5) is 4.79 Å². The number of likely N-dealkylation sites (tertiary alicyclic amines) is 2. The molecule has 0 aliphatic carbocycles. The molecule has 6 heteroatoms. The van der Waals surface area contributed by atoms with E-state index < -0.39 is 5.97 Å². The second-order valence-corrected chi connectivity index (χ2v) is 5.81. The van der Waals surface area contributed by atoms with Crippen molar-refractivity contribution in [2.24, 2.45) is 5.92 Å². The number of nitrogens with zero attached hydrogens (tertiary/aromatic N) is 2. The van der Waals surface area contributed by atoms with Crippen molar-refractivity contribution in [3.05, 3.63) is 0 Å². The van der Waals surface area contributed by atoms with E-state index in [0.717, 1.165) is 25.9 Å². The van der Waals surface area contributed by atoms with Gasteiger partial charge in [-0.2, -0.15) is 0 Å². The van der Waals surface area contributed by atoms with E-state index in [1.807, 2.05) is 0 Å². The number of carbonyl (C=O) groups is 2. The Balaban J connectivity index is 1.71. The average molecular weight is 283 g/mol. The van der Waals surface area contributed by atoms with E-state index in [2.05, 4.69) is 17.1 Å². The number of carboxylic acid groups (broad SMARTS) is 1. The van der Waals surface area contributed by atoms with Crippen molar-refractivity contribution in [1.29, 1.82) is 0 Å². The molecule has 0 aromatic rings. The van der Waals surface area contributed by atoms with Crippen molar-refractivity contribution in [3.63, 3.8) is 0 Å². The Morgan fingerprint density at radius 2 is 2.10 bits per heavy atom. The SMILES string of the molecule is CCN1CCCC1CNC(=O)N1CCC(CC(=O)O)C1. The van der Waals surface area contributed by atoms with Gasteiger partial charge in [-0.3, -0.25) is 9.69 Å². The lowest BCUT2D eigenvalue weighted by Gasteiger charge is -2.24. The van der Waals surface area contributed by atoms with Crippen LogP contribution in [0.3, 0.4) is 0 Å². The number of rotatable bonds is 5. The lowest BCUT2D eigenvalue weighted by atomic mass is 10.1. The van der Waals surface area contributed by atoms with Gasteiger partial charge in [0.05, 0.1) is 0 Å².